The normalized spacial score (nSPS) is 10.6. The molecule has 0 bridgehead atoms. The fraction of sp³-hybridized carbons (Fsp3) is 0.300. The average Bonchev–Trinajstić information content (AvgIpc) is 2.14. The third kappa shape index (κ3) is 2.95. The van der Waals surface area contributed by atoms with E-state index in [1.54, 1.807) is 0 Å². The van der Waals surface area contributed by atoms with Gasteiger partial charge in [-0.2, -0.15) is 13.2 Å². The molecule has 0 heterocycles. The Labute approximate surface area is 90.3 Å². The monoisotopic (exact) mass is 237 g/mol. The van der Waals surface area contributed by atoms with Gasteiger partial charge in [0.05, 0.1) is 5.56 Å². The Balaban J connectivity index is 0.00000225. The molecule has 0 aliphatic carbocycles. The van der Waals surface area contributed by atoms with E-state index in [-0.39, 0.29) is 13.0 Å². The van der Waals surface area contributed by atoms with Gasteiger partial charge in [-0.3, -0.25) is 4.79 Å². The van der Waals surface area contributed by atoms with E-state index in [1.165, 1.54) is 7.05 Å². The van der Waals surface area contributed by atoms with E-state index >= 15 is 0 Å². The molecule has 0 aliphatic heterocycles. The molecule has 1 aromatic rings. The zero-order valence-corrected chi connectivity index (χ0v) is 7.65. The molecule has 0 saturated carbocycles. The van der Waals surface area contributed by atoms with Crippen LogP contribution >= 0.6 is 0 Å². The maximum Gasteiger partial charge on any atom is 0.419 e. The summed E-state index contributed by atoms with van der Waals surface area (Å²) in [7, 11) is 1.30. The molecule has 0 radical (unpaired) electrons. The number of amides is 1. The molecule has 90 valence electrons. The van der Waals surface area contributed by atoms with Gasteiger partial charge < -0.3 is 5.32 Å². The molecule has 0 aliphatic rings. The van der Waals surface area contributed by atoms with E-state index in [0.717, 1.165) is 6.07 Å². The van der Waals surface area contributed by atoms with Crippen molar-refractivity contribution in [1.82, 2.24) is 5.32 Å². The highest BCUT2D eigenvalue weighted by Gasteiger charge is 2.34. The van der Waals surface area contributed by atoms with Crippen molar-refractivity contribution in [3.8, 4) is 0 Å². The highest BCUT2D eigenvalue weighted by atomic mass is 19.4. The van der Waals surface area contributed by atoms with E-state index in [4.69, 9.17) is 0 Å². The van der Waals surface area contributed by atoms with Gasteiger partial charge in [-0.15, -0.1) is 0 Å². The van der Waals surface area contributed by atoms with Gasteiger partial charge in [0.15, 0.2) is 0 Å². The second kappa shape index (κ2) is 4.96. The lowest BCUT2D eigenvalue weighted by Crippen LogP contribution is -2.18. The van der Waals surface area contributed by atoms with E-state index < -0.39 is 23.5 Å². The van der Waals surface area contributed by atoms with Crippen molar-refractivity contribution in [3.63, 3.8) is 0 Å². The first-order valence-corrected chi connectivity index (χ1v) is 3.95. The molecule has 1 amide bonds. The van der Waals surface area contributed by atoms with Gasteiger partial charge in [-0.1, -0.05) is 7.43 Å². The highest BCUT2D eigenvalue weighted by molar-refractivity contribution is 5.94. The van der Waals surface area contributed by atoms with E-state index in [0.29, 0.717) is 12.1 Å². The molecule has 1 rings (SSSR count). The number of hydrogen-bond acceptors (Lipinski definition) is 1. The van der Waals surface area contributed by atoms with E-state index in [1.807, 2.05) is 0 Å². The number of alkyl halides is 3. The maximum absolute atomic E-state index is 12.9. The fourth-order valence-electron chi connectivity index (χ4n) is 1.03. The lowest BCUT2D eigenvalue weighted by atomic mass is 10.1. The molecular formula is C10H11F4NO. The molecule has 0 spiro atoms. The first-order valence-electron chi connectivity index (χ1n) is 3.95. The van der Waals surface area contributed by atoms with Crippen molar-refractivity contribution in [3.05, 3.63) is 35.1 Å². The minimum absolute atomic E-state index is 0. The zero-order chi connectivity index (χ0) is 11.6. The van der Waals surface area contributed by atoms with Gasteiger partial charge in [0.25, 0.3) is 5.91 Å². The fourth-order valence-corrected chi connectivity index (χ4v) is 1.03. The standard InChI is InChI=1S/C9H7F4NO.CH4/c1-14-8(15)5-2-3-6(7(10)4-5)9(11,12)13;/h2-4H,1H3,(H,14,15);1H4. The SMILES string of the molecule is C.CNC(=O)c1ccc(C(F)(F)F)c(F)c1. The summed E-state index contributed by atoms with van der Waals surface area (Å²) in [5.41, 5.74) is -1.53. The Kier molecular flexibility index (Phi) is 4.47. The van der Waals surface area contributed by atoms with Crippen LogP contribution < -0.4 is 5.32 Å². The summed E-state index contributed by atoms with van der Waals surface area (Å²) in [6, 6.07) is 2.02. The number of benzene rings is 1. The Morgan fingerprint density at radius 2 is 1.88 bits per heavy atom. The molecule has 0 atom stereocenters. The van der Waals surface area contributed by atoms with Crippen molar-refractivity contribution in [1.29, 1.82) is 0 Å². The molecule has 1 aromatic carbocycles. The summed E-state index contributed by atoms with van der Waals surface area (Å²) in [6.07, 6.45) is -4.74. The maximum atomic E-state index is 12.9. The summed E-state index contributed by atoms with van der Waals surface area (Å²) < 4.78 is 49.3. The topological polar surface area (TPSA) is 29.1 Å². The van der Waals surface area contributed by atoms with Crippen LogP contribution in [0.3, 0.4) is 0 Å². The Morgan fingerprint density at radius 3 is 2.25 bits per heavy atom. The quantitative estimate of drug-likeness (QED) is 0.747. The lowest BCUT2D eigenvalue weighted by Gasteiger charge is -2.08. The van der Waals surface area contributed by atoms with Crippen molar-refractivity contribution < 1.29 is 22.4 Å². The number of carbonyl (C=O) groups is 1. The van der Waals surface area contributed by atoms with Crippen molar-refractivity contribution in [2.45, 2.75) is 13.6 Å². The van der Waals surface area contributed by atoms with Gasteiger partial charge in [0.2, 0.25) is 0 Å². The van der Waals surface area contributed by atoms with Crippen LogP contribution in [-0.2, 0) is 6.18 Å². The number of rotatable bonds is 1. The van der Waals surface area contributed by atoms with Crippen LogP contribution in [0.2, 0.25) is 0 Å². The number of hydrogen-bond donors (Lipinski definition) is 1. The van der Waals surface area contributed by atoms with Crippen LogP contribution in [0.15, 0.2) is 18.2 Å². The van der Waals surface area contributed by atoms with Crippen molar-refractivity contribution in [2.75, 3.05) is 7.05 Å². The van der Waals surface area contributed by atoms with Crippen molar-refractivity contribution in [2.24, 2.45) is 0 Å². The Hall–Kier alpha value is -1.59. The molecule has 0 unspecified atom stereocenters. The smallest absolute Gasteiger partial charge is 0.355 e. The summed E-state index contributed by atoms with van der Waals surface area (Å²) in [5.74, 6) is -2.09. The van der Waals surface area contributed by atoms with Crippen LogP contribution in [0.4, 0.5) is 17.6 Å². The Bertz CT molecular complexity index is 387. The Morgan fingerprint density at radius 1 is 1.31 bits per heavy atom. The minimum atomic E-state index is -4.74. The van der Waals surface area contributed by atoms with Crippen molar-refractivity contribution >= 4 is 5.91 Å². The first kappa shape index (κ1) is 14.4. The molecule has 1 N–H and O–H groups in total. The zero-order valence-electron chi connectivity index (χ0n) is 7.65. The van der Waals surface area contributed by atoms with Crippen LogP contribution in [-0.4, -0.2) is 13.0 Å². The minimum Gasteiger partial charge on any atom is -0.355 e. The average molecular weight is 237 g/mol. The molecule has 16 heavy (non-hydrogen) atoms. The highest BCUT2D eigenvalue weighted by Crippen LogP contribution is 2.31. The van der Waals surface area contributed by atoms with Crippen LogP contribution in [0, 0.1) is 5.82 Å². The summed E-state index contributed by atoms with van der Waals surface area (Å²) in [6.45, 7) is 0. The number of carbonyl (C=O) groups excluding carboxylic acids is 1. The second-order valence-corrected chi connectivity index (χ2v) is 2.77. The van der Waals surface area contributed by atoms with Gasteiger partial charge in [-0.25, -0.2) is 4.39 Å². The second-order valence-electron chi connectivity index (χ2n) is 2.77. The third-order valence-electron chi connectivity index (χ3n) is 1.76. The molecule has 0 saturated heterocycles. The lowest BCUT2D eigenvalue weighted by molar-refractivity contribution is -0.140. The van der Waals surface area contributed by atoms with Crippen LogP contribution in [0.5, 0.6) is 0 Å². The first-order chi connectivity index (χ1) is 6.86. The summed E-state index contributed by atoms with van der Waals surface area (Å²) in [5, 5.41) is 2.18. The molecule has 6 heteroatoms. The molecular weight excluding hydrogens is 226 g/mol. The summed E-state index contributed by atoms with van der Waals surface area (Å²) in [4.78, 5) is 11.0. The van der Waals surface area contributed by atoms with E-state index in [2.05, 4.69) is 5.32 Å². The van der Waals surface area contributed by atoms with Gasteiger partial charge in [0, 0.05) is 12.6 Å². The third-order valence-corrected chi connectivity index (χ3v) is 1.76. The predicted octanol–water partition coefficient (Wildman–Crippen LogP) is 2.84. The molecule has 0 fully saturated rings. The molecule has 0 aromatic heterocycles. The van der Waals surface area contributed by atoms with Gasteiger partial charge in [0.1, 0.15) is 5.82 Å². The van der Waals surface area contributed by atoms with Gasteiger partial charge in [-0.05, 0) is 18.2 Å². The number of nitrogens with one attached hydrogen (secondary N) is 1. The molecule has 2 nitrogen and oxygen atoms in total. The van der Waals surface area contributed by atoms with Crippen LogP contribution in [0.25, 0.3) is 0 Å². The largest absolute Gasteiger partial charge is 0.419 e. The number of halogens is 4. The van der Waals surface area contributed by atoms with Crippen LogP contribution in [0.1, 0.15) is 23.3 Å². The van der Waals surface area contributed by atoms with E-state index in [9.17, 15) is 22.4 Å². The summed E-state index contributed by atoms with van der Waals surface area (Å²) >= 11 is 0. The van der Waals surface area contributed by atoms with Gasteiger partial charge >= 0.3 is 6.18 Å². The predicted molar refractivity (Wildman–Crippen MR) is 51.5 cm³/mol.